The van der Waals surface area contributed by atoms with Crippen molar-refractivity contribution in [1.82, 2.24) is 5.32 Å². The Hall–Kier alpha value is -1.09. The third-order valence-electron chi connectivity index (χ3n) is 4.67. The quantitative estimate of drug-likeness (QED) is 0.821. The first-order valence-electron chi connectivity index (χ1n) is 7.41. The second kappa shape index (κ2) is 5.49. The molecule has 0 amide bonds. The van der Waals surface area contributed by atoms with Crippen LogP contribution < -0.4 is 10.6 Å². The molecule has 19 heavy (non-hydrogen) atoms. The summed E-state index contributed by atoms with van der Waals surface area (Å²) < 4.78 is 0. The molecular weight excluding hydrogens is 252 g/mol. The highest BCUT2D eigenvalue weighted by atomic mass is 32.1. The maximum Gasteiger partial charge on any atom is 0.171 e. The van der Waals surface area contributed by atoms with Crippen molar-refractivity contribution in [1.29, 1.82) is 0 Å². The Bertz CT molecular complexity index is 454. The van der Waals surface area contributed by atoms with Crippen molar-refractivity contribution in [3.05, 3.63) is 29.8 Å². The fourth-order valence-electron chi connectivity index (χ4n) is 3.58. The fourth-order valence-corrected chi connectivity index (χ4v) is 3.85. The Morgan fingerprint density at radius 1 is 1.21 bits per heavy atom. The van der Waals surface area contributed by atoms with Crippen LogP contribution in [-0.2, 0) is 6.42 Å². The average molecular weight is 274 g/mol. The summed E-state index contributed by atoms with van der Waals surface area (Å²) in [6.45, 7) is 2.17. The van der Waals surface area contributed by atoms with E-state index in [1.807, 2.05) is 0 Å². The summed E-state index contributed by atoms with van der Waals surface area (Å²) >= 11 is 5.43. The number of anilines is 1. The van der Waals surface area contributed by atoms with Crippen molar-refractivity contribution < 1.29 is 0 Å². The van der Waals surface area contributed by atoms with E-state index in [0.29, 0.717) is 6.04 Å². The van der Waals surface area contributed by atoms with Crippen molar-refractivity contribution in [2.24, 2.45) is 11.8 Å². The van der Waals surface area contributed by atoms with Crippen LogP contribution in [0, 0.1) is 11.8 Å². The molecule has 0 spiro atoms. The van der Waals surface area contributed by atoms with Gasteiger partial charge in [0.25, 0.3) is 0 Å². The van der Waals surface area contributed by atoms with Gasteiger partial charge in [-0.3, -0.25) is 0 Å². The van der Waals surface area contributed by atoms with E-state index < -0.39 is 0 Å². The highest BCUT2D eigenvalue weighted by molar-refractivity contribution is 7.80. The van der Waals surface area contributed by atoms with Gasteiger partial charge < -0.3 is 10.6 Å². The molecule has 0 radical (unpaired) electrons. The van der Waals surface area contributed by atoms with Gasteiger partial charge in [-0.1, -0.05) is 25.5 Å². The predicted molar refractivity (Wildman–Crippen MR) is 84.4 cm³/mol. The maximum atomic E-state index is 5.43. The zero-order valence-electron chi connectivity index (χ0n) is 11.5. The van der Waals surface area contributed by atoms with Gasteiger partial charge in [0.2, 0.25) is 0 Å². The van der Waals surface area contributed by atoms with Gasteiger partial charge in [0.15, 0.2) is 5.11 Å². The number of nitrogens with one attached hydrogen (secondary N) is 2. The van der Waals surface area contributed by atoms with Crippen LogP contribution in [0.1, 0.15) is 38.2 Å². The van der Waals surface area contributed by atoms with Crippen LogP contribution in [0.2, 0.25) is 0 Å². The van der Waals surface area contributed by atoms with E-state index in [9.17, 15) is 0 Å². The lowest BCUT2D eigenvalue weighted by Crippen LogP contribution is -2.40. The van der Waals surface area contributed by atoms with Gasteiger partial charge in [0.1, 0.15) is 0 Å². The smallest absolute Gasteiger partial charge is 0.171 e. The Morgan fingerprint density at radius 3 is 2.58 bits per heavy atom. The van der Waals surface area contributed by atoms with Gasteiger partial charge in [-0.2, -0.15) is 0 Å². The van der Waals surface area contributed by atoms with E-state index in [4.69, 9.17) is 12.2 Å². The molecule has 0 aliphatic heterocycles. The molecule has 0 heterocycles. The fraction of sp³-hybridized carbons (Fsp3) is 0.562. The lowest BCUT2D eigenvalue weighted by molar-refractivity contribution is 0.392. The van der Waals surface area contributed by atoms with Crippen molar-refractivity contribution >= 4 is 23.0 Å². The molecule has 2 saturated carbocycles. The lowest BCUT2D eigenvalue weighted by Gasteiger charge is -2.24. The summed E-state index contributed by atoms with van der Waals surface area (Å²) in [7, 11) is 0. The van der Waals surface area contributed by atoms with Crippen LogP contribution in [0.5, 0.6) is 0 Å². The Morgan fingerprint density at radius 2 is 2.00 bits per heavy atom. The molecule has 1 aromatic carbocycles. The molecule has 2 aliphatic rings. The summed E-state index contributed by atoms with van der Waals surface area (Å²) in [5.41, 5.74) is 2.44. The predicted octanol–water partition coefficient (Wildman–Crippen LogP) is 3.72. The molecule has 102 valence electrons. The van der Waals surface area contributed by atoms with Crippen LogP contribution in [-0.4, -0.2) is 11.2 Å². The second-order valence-corrected chi connectivity index (χ2v) is 6.34. The molecule has 3 heteroatoms. The second-order valence-electron chi connectivity index (χ2n) is 5.93. The zero-order chi connectivity index (χ0) is 13.2. The number of benzene rings is 1. The molecule has 2 aliphatic carbocycles. The normalized spacial score (nSPS) is 28.4. The van der Waals surface area contributed by atoms with E-state index in [2.05, 4.69) is 41.8 Å². The summed E-state index contributed by atoms with van der Waals surface area (Å²) in [6.07, 6.45) is 6.61. The van der Waals surface area contributed by atoms with E-state index in [1.54, 1.807) is 0 Å². The molecule has 2 nitrogen and oxygen atoms in total. The van der Waals surface area contributed by atoms with Gasteiger partial charge >= 0.3 is 0 Å². The Labute approximate surface area is 121 Å². The number of rotatable bonds is 3. The van der Waals surface area contributed by atoms with Crippen molar-refractivity contribution in [3.63, 3.8) is 0 Å². The highest BCUT2D eigenvalue weighted by Crippen LogP contribution is 2.44. The van der Waals surface area contributed by atoms with Crippen LogP contribution in [0.3, 0.4) is 0 Å². The summed E-state index contributed by atoms with van der Waals surface area (Å²) in [6, 6.07) is 9.13. The Balaban J connectivity index is 1.53. The van der Waals surface area contributed by atoms with Gasteiger partial charge in [-0.15, -0.1) is 0 Å². The van der Waals surface area contributed by atoms with Crippen LogP contribution in [0.25, 0.3) is 0 Å². The maximum absolute atomic E-state index is 5.43. The van der Waals surface area contributed by atoms with E-state index in [0.717, 1.165) is 29.1 Å². The van der Waals surface area contributed by atoms with Crippen LogP contribution in [0.15, 0.2) is 24.3 Å². The number of thiocarbonyl (C=S) groups is 1. The number of hydrogen-bond donors (Lipinski definition) is 2. The molecule has 0 unspecified atom stereocenters. The minimum absolute atomic E-state index is 0.605. The molecule has 0 saturated heterocycles. The van der Waals surface area contributed by atoms with Crippen LogP contribution >= 0.6 is 12.2 Å². The lowest BCUT2D eigenvalue weighted by atomic mass is 9.96. The number of hydrogen-bond acceptors (Lipinski definition) is 1. The first-order chi connectivity index (χ1) is 9.24. The largest absolute Gasteiger partial charge is 0.359 e. The van der Waals surface area contributed by atoms with E-state index >= 15 is 0 Å². The Kier molecular flexibility index (Phi) is 3.74. The highest BCUT2D eigenvalue weighted by Gasteiger charge is 2.39. The topological polar surface area (TPSA) is 24.1 Å². The molecule has 2 bridgehead atoms. The molecule has 3 rings (SSSR count). The van der Waals surface area contributed by atoms with Gasteiger partial charge in [0, 0.05) is 11.7 Å². The minimum Gasteiger partial charge on any atom is -0.359 e. The number of aryl methyl sites for hydroxylation is 1. The van der Waals surface area contributed by atoms with Gasteiger partial charge in [0.05, 0.1) is 0 Å². The van der Waals surface area contributed by atoms with Crippen LogP contribution in [0.4, 0.5) is 5.69 Å². The summed E-state index contributed by atoms with van der Waals surface area (Å²) in [4.78, 5) is 0. The molecule has 0 aromatic heterocycles. The first kappa shape index (κ1) is 12.9. The van der Waals surface area contributed by atoms with Crippen molar-refractivity contribution in [3.8, 4) is 0 Å². The first-order valence-corrected chi connectivity index (χ1v) is 7.82. The molecule has 3 atom stereocenters. The van der Waals surface area contributed by atoms with Gasteiger partial charge in [-0.05, 0) is 67.4 Å². The summed E-state index contributed by atoms with van der Waals surface area (Å²) in [5.74, 6) is 1.81. The third kappa shape index (κ3) is 2.92. The average Bonchev–Trinajstić information content (AvgIpc) is 3.02. The summed E-state index contributed by atoms with van der Waals surface area (Å²) in [5, 5.41) is 7.59. The molecule has 2 fully saturated rings. The minimum atomic E-state index is 0.605. The zero-order valence-corrected chi connectivity index (χ0v) is 12.3. The van der Waals surface area contributed by atoms with Crippen molar-refractivity contribution in [2.45, 2.75) is 45.1 Å². The SMILES string of the molecule is CCc1ccc(NC(=S)N[C@@H]2C[C@H]3CC[C@H]2C3)cc1. The molecular formula is C16H22N2S. The molecule has 1 aromatic rings. The number of fused-ring (bicyclic) bond motifs is 2. The van der Waals surface area contributed by atoms with E-state index in [1.165, 1.54) is 31.2 Å². The monoisotopic (exact) mass is 274 g/mol. The van der Waals surface area contributed by atoms with Gasteiger partial charge in [-0.25, -0.2) is 0 Å². The standard InChI is InChI=1S/C16H22N2S/c1-2-11-4-7-14(8-5-11)17-16(19)18-15-10-12-3-6-13(15)9-12/h4-5,7-8,12-13,15H,2-3,6,9-10H2,1H3,(H2,17,18,19)/t12-,13-,15+/m0/s1. The molecule has 2 N–H and O–H groups in total. The third-order valence-corrected chi connectivity index (χ3v) is 4.89. The van der Waals surface area contributed by atoms with Crippen molar-refractivity contribution in [2.75, 3.05) is 5.32 Å². The van der Waals surface area contributed by atoms with E-state index in [-0.39, 0.29) is 0 Å².